The molecule has 0 aliphatic heterocycles. The Morgan fingerprint density at radius 2 is 0.478 bits per heavy atom. The Kier molecular flexibility index (Phi) is 7.94. The van der Waals surface area contributed by atoms with Gasteiger partial charge in [0.25, 0.3) is 0 Å². The molecule has 0 radical (unpaired) electrons. The fourth-order valence-corrected chi connectivity index (χ4v) is 7.84. The highest BCUT2D eigenvalue weighted by atomic mass is 79.9. The molecule has 0 fully saturated rings. The van der Waals surface area contributed by atoms with Gasteiger partial charge in [-0.1, -0.05) is 161 Å². The fraction of sp³-hybridized carbons (Fsp3) is 0. The second-order valence-electron chi connectivity index (χ2n) is 11.4. The summed E-state index contributed by atoms with van der Waals surface area (Å²) in [6.45, 7) is 0. The van der Waals surface area contributed by atoms with E-state index in [1.54, 1.807) is 0 Å². The van der Waals surface area contributed by atoms with Crippen LogP contribution in [0.1, 0.15) is 0 Å². The quantitative estimate of drug-likeness (QED) is 0.155. The van der Waals surface area contributed by atoms with E-state index in [0.29, 0.717) is 0 Å². The van der Waals surface area contributed by atoms with Gasteiger partial charge in [0.05, 0.1) is 0 Å². The van der Waals surface area contributed by atoms with Gasteiger partial charge >= 0.3 is 0 Å². The third-order valence-corrected chi connectivity index (χ3v) is 10.8. The highest BCUT2D eigenvalue weighted by Gasteiger charge is 2.27. The Balaban J connectivity index is 1.75. The Hall–Kier alpha value is -3.54. The molecule has 0 aliphatic carbocycles. The first-order valence-corrected chi connectivity index (χ1v) is 18.1. The maximum Gasteiger partial charge on any atom is 0.0175 e. The van der Waals surface area contributed by atoms with E-state index < -0.39 is 0 Å². The summed E-state index contributed by atoms with van der Waals surface area (Å²) in [5.74, 6) is 0. The molecular weight excluding hydrogens is 824 g/mol. The molecule has 0 heterocycles. The van der Waals surface area contributed by atoms with Gasteiger partial charge in [0.2, 0.25) is 0 Å². The van der Waals surface area contributed by atoms with E-state index in [9.17, 15) is 0 Å². The average molecular weight is 848 g/mol. The molecule has 0 spiro atoms. The van der Waals surface area contributed by atoms with Crippen LogP contribution in [-0.2, 0) is 0 Å². The molecule has 0 unspecified atom stereocenters. The van der Waals surface area contributed by atoms with E-state index in [1.165, 1.54) is 65.7 Å². The van der Waals surface area contributed by atoms with Gasteiger partial charge in [-0.15, -0.1) is 0 Å². The molecule has 0 saturated carbocycles. The van der Waals surface area contributed by atoms with Gasteiger partial charge in [-0.2, -0.15) is 0 Å². The number of hydrogen-bond donors (Lipinski definition) is 0. The lowest BCUT2D eigenvalue weighted by molar-refractivity contribution is 1.55. The first-order valence-electron chi connectivity index (χ1n) is 14.9. The second kappa shape index (κ2) is 12.2. The molecular formula is C42H24Br4. The number of rotatable bonds is 4. The third kappa shape index (κ3) is 5.16. The van der Waals surface area contributed by atoms with E-state index in [-0.39, 0.29) is 0 Å². The summed E-state index contributed by atoms with van der Waals surface area (Å²) in [4.78, 5) is 0. The molecule has 0 atom stereocenters. The molecule has 8 aromatic rings. The molecule has 4 heteroatoms. The highest BCUT2D eigenvalue weighted by Crippen LogP contribution is 2.54. The van der Waals surface area contributed by atoms with Crippen LogP contribution in [0.3, 0.4) is 0 Å². The largest absolute Gasteiger partial charge is 0.0616 e. The van der Waals surface area contributed by atoms with E-state index in [2.05, 4.69) is 209 Å². The van der Waals surface area contributed by atoms with E-state index >= 15 is 0 Å². The highest BCUT2D eigenvalue weighted by molar-refractivity contribution is 9.11. The van der Waals surface area contributed by atoms with Crippen molar-refractivity contribution in [3.8, 4) is 44.5 Å². The lowest BCUT2D eigenvalue weighted by Crippen LogP contribution is -1.99. The molecule has 0 aromatic heterocycles. The molecule has 0 N–H and O–H groups in total. The third-order valence-electron chi connectivity index (χ3n) is 8.71. The molecule has 220 valence electrons. The van der Waals surface area contributed by atoms with Gasteiger partial charge in [-0.25, -0.2) is 0 Å². The molecule has 8 aromatic carbocycles. The van der Waals surface area contributed by atoms with Crippen LogP contribution in [0, 0.1) is 0 Å². The van der Waals surface area contributed by atoms with E-state index in [4.69, 9.17) is 0 Å². The van der Waals surface area contributed by atoms with Crippen molar-refractivity contribution < 1.29 is 0 Å². The van der Waals surface area contributed by atoms with Crippen molar-refractivity contribution in [1.82, 2.24) is 0 Å². The number of halogens is 4. The van der Waals surface area contributed by atoms with Gasteiger partial charge in [0.15, 0.2) is 0 Å². The molecule has 46 heavy (non-hydrogen) atoms. The van der Waals surface area contributed by atoms with Crippen molar-refractivity contribution in [3.05, 3.63) is 163 Å². The molecule has 0 aliphatic rings. The van der Waals surface area contributed by atoms with Crippen LogP contribution in [0.15, 0.2) is 163 Å². The van der Waals surface area contributed by atoms with Crippen molar-refractivity contribution in [2.75, 3.05) is 0 Å². The SMILES string of the molecule is Brc1ccc(-c2c(-c3ccc(Br)cc3)c(-c3ccc(Br)cc3)c3c4ccccc4c4ccccc4c3c2-c2ccc(Br)cc2)cc1. The molecule has 0 saturated heterocycles. The summed E-state index contributed by atoms with van der Waals surface area (Å²) in [5, 5.41) is 7.51. The van der Waals surface area contributed by atoms with Gasteiger partial charge < -0.3 is 0 Å². The zero-order valence-corrected chi connectivity index (χ0v) is 30.7. The maximum absolute atomic E-state index is 3.70. The van der Waals surface area contributed by atoms with E-state index in [1.807, 2.05) is 0 Å². The molecule has 0 nitrogen and oxygen atoms in total. The lowest BCUT2D eigenvalue weighted by Gasteiger charge is -2.26. The number of benzene rings is 8. The number of hydrogen-bond acceptors (Lipinski definition) is 0. The normalized spacial score (nSPS) is 11.5. The minimum Gasteiger partial charge on any atom is -0.0616 e. The van der Waals surface area contributed by atoms with Crippen molar-refractivity contribution >= 4 is 96.0 Å². The molecule has 8 rings (SSSR count). The zero-order valence-electron chi connectivity index (χ0n) is 24.4. The molecule has 0 bridgehead atoms. The minimum atomic E-state index is 1.05. The van der Waals surface area contributed by atoms with Crippen LogP contribution in [0.5, 0.6) is 0 Å². The smallest absolute Gasteiger partial charge is 0.0175 e. The zero-order chi connectivity index (χ0) is 31.4. The van der Waals surface area contributed by atoms with Gasteiger partial charge in [-0.3, -0.25) is 0 Å². The predicted octanol–water partition coefficient (Wildman–Crippen LogP) is 14.9. The van der Waals surface area contributed by atoms with Crippen LogP contribution < -0.4 is 0 Å². The summed E-state index contributed by atoms with van der Waals surface area (Å²) in [7, 11) is 0. The van der Waals surface area contributed by atoms with Crippen LogP contribution in [0.2, 0.25) is 0 Å². The monoisotopic (exact) mass is 844 g/mol. The van der Waals surface area contributed by atoms with Crippen molar-refractivity contribution in [1.29, 1.82) is 0 Å². The second-order valence-corrected chi connectivity index (χ2v) is 15.0. The summed E-state index contributed by atoms with van der Waals surface area (Å²) in [6.07, 6.45) is 0. The maximum atomic E-state index is 3.70. The topological polar surface area (TPSA) is 0 Å². The van der Waals surface area contributed by atoms with Crippen LogP contribution in [0.25, 0.3) is 76.8 Å². The lowest BCUT2D eigenvalue weighted by atomic mass is 9.76. The van der Waals surface area contributed by atoms with Gasteiger partial charge in [-0.05, 0) is 125 Å². The van der Waals surface area contributed by atoms with Gasteiger partial charge in [0, 0.05) is 17.9 Å². The Morgan fingerprint density at radius 1 is 0.239 bits per heavy atom. The minimum absolute atomic E-state index is 1.05. The van der Waals surface area contributed by atoms with Crippen LogP contribution in [-0.4, -0.2) is 0 Å². The van der Waals surface area contributed by atoms with Crippen molar-refractivity contribution in [2.24, 2.45) is 0 Å². The average Bonchev–Trinajstić information content (AvgIpc) is 3.09. The first-order chi connectivity index (χ1) is 22.5. The van der Waals surface area contributed by atoms with Gasteiger partial charge in [0.1, 0.15) is 0 Å². The van der Waals surface area contributed by atoms with Crippen molar-refractivity contribution in [2.45, 2.75) is 0 Å². The number of fused-ring (bicyclic) bond motifs is 6. The van der Waals surface area contributed by atoms with Crippen molar-refractivity contribution in [3.63, 3.8) is 0 Å². The summed E-state index contributed by atoms with van der Waals surface area (Å²) < 4.78 is 4.22. The van der Waals surface area contributed by atoms with Crippen LogP contribution in [0.4, 0.5) is 0 Å². The fourth-order valence-electron chi connectivity index (χ4n) is 6.78. The van der Waals surface area contributed by atoms with Crippen LogP contribution >= 0.6 is 63.7 Å². The predicted molar refractivity (Wildman–Crippen MR) is 212 cm³/mol. The summed E-state index contributed by atoms with van der Waals surface area (Å²) >= 11 is 14.8. The summed E-state index contributed by atoms with van der Waals surface area (Å²) in [5.41, 5.74) is 9.55. The molecule has 0 amide bonds. The standard InChI is InChI=1S/C42H24Br4/c43-29-17-9-25(10-18-29)37-38(26-11-19-30(44)20-12-26)40(28-15-23-32(46)24-16-28)42-36-8-4-2-6-34(36)33-5-1-3-7-35(33)41(42)39(37)27-13-21-31(45)22-14-27/h1-24H. The Bertz CT molecular complexity index is 2230. The Labute approximate surface area is 301 Å². The Morgan fingerprint density at radius 3 is 0.761 bits per heavy atom. The summed E-state index contributed by atoms with van der Waals surface area (Å²) in [6, 6.07) is 52.9. The van der Waals surface area contributed by atoms with E-state index in [0.717, 1.165) is 29.0 Å². The first kappa shape index (κ1) is 29.8.